The van der Waals surface area contributed by atoms with Gasteiger partial charge in [-0.05, 0) is 12.8 Å². The summed E-state index contributed by atoms with van der Waals surface area (Å²) >= 11 is 0. The van der Waals surface area contributed by atoms with Crippen molar-refractivity contribution in [3.63, 3.8) is 0 Å². The molecule has 0 aliphatic carbocycles. The maximum atomic E-state index is 11.8. The van der Waals surface area contributed by atoms with Crippen LogP contribution in [0.15, 0.2) is 24.5 Å². The Bertz CT molecular complexity index is 285. The fraction of sp³-hybridized carbons (Fsp3) is 0.556. The second kappa shape index (κ2) is 3.41. The van der Waals surface area contributed by atoms with Gasteiger partial charge in [0.1, 0.15) is 0 Å². The Balaban J connectivity index is 2.13. The first-order valence-electron chi connectivity index (χ1n) is 4.47. The summed E-state index contributed by atoms with van der Waals surface area (Å²) in [5.41, 5.74) is 0. The number of rotatable bonds is 2. The highest BCUT2D eigenvalue weighted by molar-refractivity contribution is 7.57. The third-order valence-electron chi connectivity index (χ3n) is 2.23. The quantitative estimate of drug-likeness (QED) is 0.507. The first kappa shape index (κ1) is 9.20. The molecule has 3 nitrogen and oxygen atoms in total. The van der Waals surface area contributed by atoms with Crippen molar-refractivity contribution in [2.24, 2.45) is 0 Å². The van der Waals surface area contributed by atoms with Gasteiger partial charge in [-0.25, -0.2) is 0 Å². The predicted octanol–water partition coefficient (Wildman–Crippen LogP) is 2.85. The molecule has 2 aliphatic heterocycles. The Labute approximate surface area is 78.0 Å². The highest BCUT2D eigenvalue weighted by Gasteiger charge is 2.38. The zero-order valence-corrected chi connectivity index (χ0v) is 8.28. The molecule has 4 heteroatoms. The van der Waals surface area contributed by atoms with Gasteiger partial charge in [0.2, 0.25) is 0 Å². The molecule has 0 aromatic rings. The topological polar surface area (TPSA) is 35.5 Å². The summed E-state index contributed by atoms with van der Waals surface area (Å²) in [4.78, 5) is 0. The van der Waals surface area contributed by atoms with Crippen LogP contribution in [-0.4, -0.2) is 12.2 Å². The third-order valence-corrected chi connectivity index (χ3v) is 3.99. The molecule has 0 saturated carbocycles. The Morgan fingerprint density at radius 1 is 1.62 bits per heavy atom. The standard InChI is InChI=1S/C9H13O3P/c1-2-4-8-7-9-5-3-6-13(10,11-8)12-9/h2-3,6,8-9H,1,4-5,7H2/t8-,9+,13?/m0/s1. The van der Waals surface area contributed by atoms with Gasteiger partial charge in [0.15, 0.2) is 0 Å². The van der Waals surface area contributed by atoms with E-state index in [0.29, 0.717) is 0 Å². The monoisotopic (exact) mass is 200 g/mol. The summed E-state index contributed by atoms with van der Waals surface area (Å²) in [6.45, 7) is 3.64. The molecule has 0 amide bonds. The van der Waals surface area contributed by atoms with Gasteiger partial charge in [-0.15, -0.1) is 6.58 Å². The first-order valence-corrected chi connectivity index (χ1v) is 6.08. The number of hydrogen-bond acceptors (Lipinski definition) is 3. The van der Waals surface area contributed by atoms with E-state index in [1.807, 2.05) is 6.08 Å². The van der Waals surface area contributed by atoms with Crippen LogP contribution in [0, 0.1) is 0 Å². The van der Waals surface area contributed by atoms with Crippen LogP contribution in [-0.2, 0) is 13.6 Å². The molecule has 0 radical (unpaired) electrons. The Morgan fingerprint density at radius 2 is 2.46 bits per heavy atom. The zero-order chi connectivity index (χ0) is 9.31. The van der Waals surface area contributed by atoms with E-state index in [2.05, 4.69) is 6.58 Å². The van der Waals surface area contributed by atoms with Crippen LogP contribution in [0.1, 0.15) is 19.3 Å². The molecule has 13 heavy (non-hydrogen) atoms. The minimum atomic E-state index is -2.88. The van der Waals surface area contributed by atoms with Crippen molar-refractivity contribution < 1.29 is 13.6 Å². The zero-order valence-electron chi connectivity index (χ0n) is 7.39. The summed E-state index contributed by atoms with van der Waals surface area (Å²) < 4.78 is 22.4. The number of fused-ring (bicyclic) bond motifs is 2. The van der Waals surface area contributed by atoms with Gasteiger partial charge < -0.3 is 9.05 Å². The number of hydrogen-bond donors (Lipinski definition) is 0. The molecule has 0 spiro atoms. The van der Waals surface area contributed by atoms with Gasteiger partial charge in [-0.3, -0.25) is 4.57 Å². The van der Waals surface area contributed by atoms with Gasteiger partial charge in [0.25, 0.3) is 0 Å². The summed E-state index contributed by atoms with van der Waals surface area (Å²) in [5.74, 6) is 1.57. The summed E-state index contributed by atoms with van der Waals surface area (Å²) in [6.07, 6.45) is 6.20. The molecule has 1 fully saturated rings. The van der Waals surface area contributed by atoms with Crippen molar-refractivity contribution >= 4 is 7.60 Å². The van der Waals surface area contributed by atoms with Crippen molar-refractivity contribution in [3.05, 3.63) is 24.5 Å². The highest BCUT2D eigenvalue weighted by Crippen LogP contribution is 2.58. The van der Waals surface area contributed by atoms with Crippen molar-refractivity contribution in [1.82, 2.24) is 0 Å². The molecule has 0 aromatic carbocycles. The summed E-state index contributed by atoms with van der Waals surface area (Å²) in [7, 11) is -2.88. The van der Waals surface area contributed by atoms with E-state index in [0.717, 1.165) is 19.3 Å². The Kier molecular flexibility index (Phi) is 2.41. The molecular weight excluding hydrogens is 187 g/mol. The van der Waals surface area contributed by atoms with E-state index >= 15 is 0 Å². The van der Waals surface area contributed by atoms with Crippen LogP contribution in [0.2, 0.25) is 0 Å². The summed E-state index contributed by atoms with van der Waals surface area (Å²) in [5, 5.41) is 0. The molecule has 1 saturated heterocycles. The van der Waals surface area contributed by atoms with Crippen molar-refractivity contribution in [2.75, 3.05) is 0 Å². The van der Waals surface area contributed by atoms with Gasteiger partial charge in [0, 0.05) is 12.2 Å². The molecule has 3 atom stereocenters. The second-order valence-corrected chi connectivity index (χ2v) is 5.17. The van der Waals surface area contributed by atoms with E-state index < -0.39 is 7.60 Å². The van der Waals surface area contributed by atoms with E-state index in [-0.39, 0.29) is 12.2 Å². The van der Waals surface area contributed by atoms with E-state index in [1.165, 1.54) is 0 Å². The predicted molar refractivity (Wildman–Crippen MR) is 50.5 cm³/mol. The minimum Gasteiger partial charge on any atom is -0.302 e. The van der Waals surface area contributed by atoms with Gasteiger partial charge in [-0.2, -0.15) is 0 Å². The van der Waals surface area contributed by atoms with Crippen molar-refractivity contribution in [2.45, 2.75) is 31.5 Å². The fourth-order valence-electron chi connectivity index (χ4n) is 1.70. The van der Waals surface area contributed by atoms with Crippen molar-refractivity contribution in [1.29, 1.82) is 0 Å². The SMILES string of the molecule is C=CC[C@H]1C[C@H]2CC=CP(=O)(O2)O1. The Morgan fingerprint density at radius 3 is 3.15 bits per heavy atom. The fourth-order valence-corrected chi connectivity index (χ4v) is 3.44. The van der Waals surface area contributed by atoms with Crippen LogP contribution in [0.5, 0.6) is 0 Å². The van der Waals surface area contributed by atoms with E-state index in [1.54, 1.807) is 11.9 Å². The molecule has 2 heterocycles. The average molecular weight is 200 g/mol. The molecule has 2 bridgehead atoms. The smallest absolute Gasteiger partial charge is 0.302 e. The Hall–Kier alpha value is -0.370. The van der Waals surface area contributed by atoms with Gasteiger partial charge >= 0.3 is 7.60 Å². The molecule has 2 aliphatic rings. The van der Waals surface area contributed by atoms with E-state index in [9.17, 15) is 4.57 Å². The van der Waals surface area contributed by atoms with Gasteiger partial charge in [-0.1, -0.05) is 12.2 Å². The molecular formula is C9H13O3P. The molecule has 2 rings (SSSR count). The van der Waals surface area contributed by atoms with Crippen LogP contribution < -0.4 is 0 Å². The molecule has 1 unspecified atom stereocenters. The largest absolute Gasteiger partial charge is 0.354 e. The lowest BCUT2D eigenvalue weighted by Crippen LogP contribution is -2.28. The normalized spacial score (nSPS) is 43.1. The maximum Gasteiger partial charge on any atom is 0.354 e. The first-order chi connectivity index (χ1) is 6.22. The second-order valence-electron chi connectivity index (χ2n) is 3.38. The molecule has 0 N–H and O–H groups in total. The lowest BCUT2D eigenvalue weighted by atomic mass is 10.1. The molecule has 0 aromatic heterocycles. The van der Waals surface area contributed by atoms with E-state index in [4.69, 9.17) is 9.05 Å². The van der Waals surface area contributed by atoms with Crippen molar-refractivity contribution in [3.8, 4) is 0 Å². The minimum absolute atomic E-state index is 0.0204. The third kappa shape index (κ3) is 1.93. The van der Waals surface area contributed by atoms with Crippen LogP contribution >= 0.6 is 7.60 Å². The summed E-state index contributed by atoms with van der Waals surface area (Å²) in [6, 6.07) is 0. The van der Waals surface area contributed by atoms with Crippen LogP contribution in [0.25, 0.3) is 0 Å². The maximum absolute atomic E-state index is 11.8. The van der Waals surface area contributed by atoms with Crippen LogP contribution in [0.4, 0.5) is 0 Å². The molecule has 72 valence electrons. The lowest BCUT2D eigenvalue weighted by Gasteiger charge is -2.35. The average Bonchev–Trinajstić information content (AvgIpc) is 2.02. The lowest BCUT2D eigenvalue weighted by molar-refractivity contribution is 0.0353. The van der Waals surface area contributed by atoms with Gasteiger partial charge in [0.05, 0.1) is 12.2 Å². The highest BCUT2D eigenvalue weighted by atomic mass is 31.2. The van der Waals surface area contributed by atoms with Crippen LogP contribution in [0.3, 0.4) is 0 Å².